The molecule has 0 bridgehead atoms. The van der Waals surface area contributed by atoms with Crippen LogP contribution in [0.4, 0.5) is 0 Å². The number of rotatable bonds is 8. The SMILES string of the molecule is CCCCCCCCC1=C(C2=CCCCCC2)CCCCC1. The molecule has 0 atom stereocenters. The second-order valence-electron chi connectivity index (χ2n) is 7.49. The zero-order chi connectivity index (χ0) is 15.5. The molecule has 0 heterocycles. The Labute approximate surface area is 139 Å². The maximum atomic E-state index is 2.61. The Bertz CT molecular complexity index is 358. The molecule has 0 unspecified atom stereocenters. The number of unbranched alkanes of at least 4 members (excludes halogenated alkanes) is 5. The van der Waals surface area contributed by atoms with E-state index >= 15 is 0 Å². The van der Waals surface area contributed by atoms with Crippen LogP contribution in [0, 0.1) is 0 Å². The van der Waals surface area contributed by atoms with E-state index in [4.69, 9.17) is 0 Å². The van der Waals surface area contributed by atoms with E-state index in [1.807, 2.05) is 11.1 Å². The molecule has 0 saturated carbocycles. The number of hydrogen-bond donors (Lipinski definition) is 0. The average molecular weight is 303 g/mol. The van der Waals surface area contributed by atoms with Crippen LogP contribution >= 0.6 is 0 Å². The van der Waals surface area contributed by atoms with Gasteiger partial charge in [-0.05, 0) is 75.4 Å². The predicted molar refractivity (Wildman–Crippen MR) is 99.3 cm³/mol. The highest BCUT2D eigenvalue weighted by atomic mass is 14.2. The van der Waals surface area contributed by atoms with Crippen LogP contribution in [-0.2, 0) is 0 Å². The van der Waals surface area contributed by atoms with Crippen LogP contribution in [0.25, 0.3) is 0 Å². The Kier molecular flexibility index (Phi) is 8.98. The minimum absolute atomic E-state index is 1.34. The molecule has 2 aliphatic carbocycles. The van der Waals surface area contributed by atoms with Crippen LogP contribution in [-0.4, -0.2) is 0 Å². The molecule has 2 aliphatic rings. The van der Waals surface area contributed by atoms with Gasteiger partial charge in [0.2, 0.25) is 0 Å². The lowest BCUT2D eigenvalue weighted by atomic mass is 9.90. The lowest BCUT2D eigenvalue weighted by Crippen LogP contribution is -1.96. The lowest BCUT2D eigenvalue weighted by molar-refractivity contribution is 0.599. The number of allylic oxidation sites excluding steroid dienone is 4. The maximum Gasteiger partial charge on any atom is -0.0277 e. The topological polar surface area (TPSA) is 0 Å². The van der Waals surface area contributed by atoms with E-state index in [-0.39, 0.29) is 0 Å². The van der Waals surface area contributed by atoms with Crippen LogP contribution < -0.4 is 0 Å². The summed E-state index contributed by atoms with van der Waals surface area (Å²) in [6.45, 7) is 2.31. The monoisotopic (exact) mass is 302 g/mol. The van der Waals surface area contributed by atoms with Gasteiger partial charge in [-0.1, -0.05) is 63.5 Å². The standard InChI is InChI=1S/C22H38/c1-2-3-4-5-6-10-15-21-18-13-9-14-19-22(21)20-16-11-7-8-12-17-20/h16H,2-15,17-19H2,1H3. The summed E-state index contributed by atoms with van der Waals surface area (Å²) in [7, 11) is 0. The molecule has 0 radical (unpaired) electrons. The van der Waals surface area contributed by atoms with Gasteiger partial charge in [-0.15, -0.1) is 0 Å². The van der Waals surface area contributed by atoms with Crippen molar-refractivity contribution in [3.8, 4) is 0 Å². The third kappa shape index (κ3) is 6.31. The largest absolute Gasteiger partial charge is 0.0810 e. The molecule has 126 valence electrons. The maximum absolute atomic E-state index is 2.61. The number of hydrogen-bond acceptors (Lipinski definition) is 0. The quantitative estimate of drug-likeness (QED) is 0.400. The molecule has 22 heavy (non-hydrogen) atoms. The molecular formula is C22H38. The van der Waals surface area contributed by atoms with E-state index in [1.54, 1.807) is 5.57 Å². The molecule has 0 spiro atoms. The molecule has 0 N–H and O–H groups in total. The summed E-state index contributed by atoms with van der Waals surface area (Å²) in [5.74, 6) is 0. The molecule has 0 aliphatic heterocycles. The molecule has 0 fully saturated rings. The van der Waals surface area contributed by atoms with Crippen molar-refractivity contribution in [3.63, 3.8) is 0 Å². The van der Waals surface area contributed by atoms with Crippen LogP contribution in [0.3, 0.4) is 0 Å². The van der Waals surface area contributed by atoms with Crippen LogP contribution in [0.1, 0.15) is 116 Å². The first-order valence-electron chi connectivity index (χ1n) is 10.3. The lowest BCUT2D eigenvalue weighted by Gasteiger charge is -2.16. The molecule has 0 aromatic heterocycles. The van der Waals surface area contributed by atoms with Crippen LogP contribution in [0.2, 0.25) is 0 Å². The Balaban J connectivity index is 1.90. The van der Waals surface area contributed by atoms with Gasteiger partial charge in [0.25, 0.3) is 0 Å². The molecule has 0 heteroatoms. The van der Waals surface area contributed by atoms with Gasteiger partial charge in [-0.3, -0.25) is 0 Å². The first-order chi connectivity index (χ1) is 10.9. The van der Waals surface area contributed by atoms with Gasteiger partial charge >= 0.3 is 0 Å². The van der Waals surface area contributed by atoms with E-state index in [0.717, 1.165) is 0 Å². The summed E-state index contributed by atoms with van der Waals surface area (Å²) in [5.41, 5.74) is 5.45. The minimum Gasteiger partial charge on any atom is -0.0810 e. The highest BCUT2D eigenvalue weighted by Gasteiger charge is 2.15. The molecule has 0 aromatic carbocycles. The van der Waals surface area contributed by atoms with Gasteiger partial charge in [0.05, 0.1) is 0 Å². The summed E-state index contributed by atoms with van der Waals surface area (Å²) in [5, 5.41) is 0. The third-order valence-corrected chi connectivity index (χ3v) is 5.59. The summed E-state index contributed by atoms with van der Waals surface area (Å²) < 4.78 is 0. The van der Waals surface area contributed by atoms with E-state index < -0.39 is 0 Å². The second kappa shape index (κ2) is 11.1. The van der Waals surface area contributed by atoms with E-state index in [0.29, 0.717) is 0 Å². The van der Waals surface area contributed by atoms with Crippen molar-refractivity contribution in [2.24, 2.45) is 0 Å². The summed E-state index contributed by atoms with van der Waals surface area (Å²) in [4.78, 5) is 0. The Morgan fingerprint density at radius 2 is 1.45 bits per heavy atom. The van der Waals surface area contributed by atoms with Gasteiger partial charge in [0.1, 0.15) is 0 Å². The Morgan fingerprint density at radius 3 is 2.36 bits per heavy atom. The predicted octanol–water partition coefficient (Wildman–Crippen LogP) is 7.89. The van der Waals surface area contributed by atoms with Crippen LogP contribution in [0.15, 0.2) is 22.8 Å². The minimum atomic E-state index is 1.34. The summed E-state index contributed by atoms with van der Waals surface area (Å²) in [6.07, 6.45) is 26.7. The molecule has 0 aromatic rings. The van der Waals surface area contributed by atoms with E-state index in [1.165, 1.54) is 109 Å². The van der Waals surface area contributed by atoms with Crippen molar-refractivity contribution in [1.82, 2.24) is 0 Å². The van der Waals surface area contributed by atoms with Crippen molar-refractivity contribution >= 4 is 0 Å². The highest BCUT2D eigenvalue weighted by Crippen LogP contribution is 2.35. The zero-order valence-corrected chi connectivity index (χ0v) is 15.1. The first-order valence-corrected chi connectivity index (χ1v) is 10.3. The normalized spacial score (nSPS) is 20.5. The second-order valence-corrected chi connectivity index (χ2v) is 7.49. The third-order valence-electron chi connectivity index (χ3n) is 5.59. The van der Waals surface area contributed by atoms with Crippen molar-refractivity contribution in [3.05, 3.63) is 22.8 Å². The summed E-state index contributed by atoms with van der Waals surface area (Å²) >= 11 is 0. The molecule has 0 nitrogen and oxygen atoms in total. The molecule has 2 rings (SSSR count). The van der Waals surface area contributed by atoms with Crippen molar-refractivity contribution in [1.29, 1.82) is 0 Å². The van der Waals surface area contributed by atoms with Crippen LogP contribution in [0.5, 0.6) is 0 Å². The van der Waals surface area contributed by atoms with Gasteiger partial charge in [-0.25, -0.2) is 0 Å². The van der Waals surface area contributed by atoms with Gasteiger partial charge in [-0.2, -0.15) is 0 Å². The fraction of sp³-hybridized carbons (Fsp3) is 0.818. The van der Waals surface area contributed by atoms with Crippen molar-refractivity contribution in [2.45, 2.75) is 116 Å². The Morgan fingerprint density at radius 1 is 0.727 bits per heavy atom. The molecule has 0 amide bonds. The highest BCUT2D eigenvalue weighted by molar-refractivity contribution is 5.36. The molecular weight excluding hydrogens is 264 g/mol. The fourth-order valence-corrected chi connectivity index (χ4v) is 4.22. The van der Waals surface area contributed by atoms with Crippen molar-refractivity contribution < 1.29 is 0 Å². The zero-order valence-electron chi connectivity index (χ0n) is 15.1. The Hall–Kier alpha value is -0.520. The average Bonchev–Trinajstić information content (AvgIpc) is 2.93. The van der Waals surface area contributed by atoms with Crippen molar-refractivity contribution in [2.75, 3.05) is 0 Å². The first kappa shape index (κ1) is 17.8. The van der Waals surface area contributed by atoms with E-state index in [9.17, 15) is 0 Å². The van der Waals surface area contributed by atoms with Gasteiger partial charge in [0, 0.05) is 0 Å². The smallest absolute Gasteiger partial charge is 0.0277 e. The summed E-state index contributed by atoms with van der Waals surface area (Å²) in [6, 6.07) is 0. The molecule has 0 saturated heterocycles. The fourth-order valence-electron chi connectivity index (χ4n) is 4.22. The van der Waals surface area contributed by atoms with Gasteiger partial charge < -0.3 is 0 Å². The van der Waals surface area contributed by atoms with E-state index in [2.05, 4.69) is 13.0 Å². The van der Waals surface area contributed by atoms with Gasteiger partial charge in [0.15, 0.2) is 0 Å².